The number of rotatable bonds is 8. The van der Waals surface area contributed by atoms with E-state index >= 15 is 0 Å². The minimum Gasteiger partial charge on any atom is -0.377 e. The molecule has 0 spiro atoms. The van der Waals surface area contributed by atoms with Crippen molar-refractivity contribution in [2.45, 2.75) is 44.5 Å². The van der Waals surface area contributed by atoms with Crippen molar-refractivity contribution in [2.24, 2.45) is 4.99 Å². The van der Waals surface area contributed by atoms with Crippen LogP contribution in [0.4, 0.5) is 0 Å². The van der Waals surface area contributed by atoms with Crippen LogP contribution in [0.3, 0.4) is 0 Å². The second kappa shape index (κ2) is 11.3. The lowest BCUT2D eigenvalue weighted by Crippen LogP contribution is -2.53. The highest BCUT2D eigenvalue weighted by molar-refractivity contribution is 5.80. The van der Waals surface area contributed by atoms with Gasteiger partial charge in [-0.05, 0) is 31.2 Å². The van der Waals surface area contributed by atoms with Gasteiger partial charge in [0, 0.05) is 39.9 Å². The number of benzene rings is 1. The van der Waals surface area contributed by atoms with Gasteiger partial charge in [0.05, 0.1) is 19.3 Å². The monoisotopic (exact) mass is 375 g/mol. The highest BCUT2D eigenvalue weighted by Crippen LogP contribution is 2.21. The van der Waals surface area contributed by atoms with Gasteiger partial charge in [-0.3, -0.25) is 4.99 Å². The maximum atomic E-state index is 5.93. The summed E-state index contributed by atoms with van der Waals surface area (Å²) < 4.78 is 17.5. The molecule has 0 aromatic heterocycles. The van der Waals surface area contributed by atoms with E-state index in [1.807, 2.05) is 25.2 Å². The van der Waals surface area contributed by atoms with Gasteiger partial charge in [-0.2, -0.15) is 0 Å². The zero-order valence-corrected chi connectivity index (χ0v) is 16.4. The highest BCUT2D eigenvalue weighted by atomic mass is 16.5. The Morgan fingerprint density at radius 3 is 2.81 bits per heavy atom. The van der Waals surface area contributed by atoms with E-state index in [1.54, 1.807) is 0 Å². The Morgan fingerprint density at radius 1 is 1.19 bits per heavy atom. The molecule has 27 heavy (non-hydrogen) atoms. The number of guanidine groups is 1. The maximum Gasteiger partial charge on any atom is 0.193 e. The van der Waals surface area contributed by atoms with E-state index < -0.39 is 0 Å². The van der Waals surface area contributed by atoms with Gasteiger partial charge in [0.25, 0.3) is 0 Å². The molecule has 2 aliphatic heterocycles. The van der Waals surface area contributed by atoms with E-state index in [-0.39, 0.29) is 12.2 Å². The second-order valence-corrected chi connectivity index (χ2v) is 7.13. The second-order valence-electron chi connectivity index (χ2n) is 7.13. The first kappa shape index (κ1) is 20.1. The molecule has 1 aromatic carbocycles. The topological polar surface area (TPSA) is 55.3 Å². The van der Waals surface area contributed by atoms with Gasteiger partial charge in [-0.15, -0.1) is 0 Å². The Balaban J connectivity index is 1.29. The molecule has 1 aromatic rings. The molecule has 2 heterocycles. The predicted molar refractivity (Wildman–Crippen MR) is 107 cm³/mol. The van der Waals surface area contributed by atoms with Gasteiger partial charge < -0.3 is 24.4 Å². The van der Waals surface area contributed by atoms with Crippen molar-refractivity contribution in [1.82, 2.24) is 10.2 Å². The predicted octanol–water partition coefficient (Wildman–Crippen LogP) is 2.44. The van der Waals surface area contributed by atoms with Crippen LogP contribution in [0.5, 0.6) is 0 Å². The van der Waals surface area contributed by atoms with Crippen molar-refractivity contribution >= 4 is 5.96 Å². The Morgan fingerprint density at radius 2 is 2.04 bits per heavy atom. The fraction of sp³-hybridized carbons (Fsp3) is 0.667. The smallest absolute Gasteiger partial charge is 0.193 e. The van der Waals surface area contributed by atoms with Gasteiger partial charge in [0.15, 0.2) is 5.96 Å². The molecule has 3 rings (SSSR count). The van der Waals surface area contributed by atoms with Crippen molar-refractivity contribution in [3.05, 3.63) is 35.9 Å². The number of hydrogen-bond donors (Lipinski definition) is 1. The maximum absolute atomic E-state index is 5.93. The van der Waals surface area contributed by atoms with Crippen LogP contribution in [0.1, 0.15) is 31.2 Å². The molecule has 2 saturated heterocycles. The summed E-state index contributed by atoms with van der Waals surface area (Å²) in [7, 11) is 1.85. The standard InChI is InChI=1S/C21H33N3O3/c1-22-21(24-12-15-27-20(16-24)19-10-7-14-26-19)23-11-5-6-13-25-17-18-8-3-2-4-9-18/h2-4,8-9,19-20H,5-7,10-17H2,1H3,(H,22,23). The summed E-state index contributed by atoms with van der Waals surface area (Å²) in [6.45, 7) is 5.71. The number of hydrogen-bond acceptors (Lipinski definition) is 4. The quantitative estimate of drug-likeness (QED) is 0.430. The molecule has 0 amide bonds. The lowest BCUT2D eigenvalue weighted by Gasteiger charge is -2.37. The van der Waals surface area contributed by atoms with Crippen molar-refractivity contribution in [1.29, 1.82) is 0 Å². The van der Waals surface area contributed by atoms with E-state index in [9.17, 15) is 0 Å². The lowest BCUT2D eigenvalue weighted by molar-refractivity contribution is -0.0816. The summed E-state index contributed by atoms with van der Waals surface area (Å²) in [5, 5.41) is 3.48. The van der Waals surface area contributed by atoms with Gasteiger partial charge in [0.2, 0.25) is 0 Å². The van der Waals surface area contributed by atoms with Gasteiger partial charge in [0.1, 0.15) is 6.10 Å². The van der Waals surface area contributed by atoms with E-state index in [0.717, 1.165) is 71.1 Å². The minimum absolute atomic E-state index is 0.159. The van der Waals surface area contributed by atoms with Crippen LogP contribution in [0.15, 0.2) is 35.3 Å². The molecule has 2 fully saturated rings. The SMILES string of the molecule is CN=C(NCCCCOCc1ccccc1)N1CCOC(C2CCCO2)C1. The Labute approximate surface area is 162 Å². The summed E-state index contributed by atoms with van der Waals surface area (Å²) in [6.07, 6.45) is 4.75. The first-order valence-electron chi connectivity index (χ1n) is 10.2. The summed E-state index contributed by atoms with van der Waals surface area (Å²) in [5.41, 5.74) is 1.23. The molecular weight excluding hydrogens is 342 g/mol. The minimum atomic E-state index is 0.159. The first-order chi connectivity index (χ1) is 13.4. The molecule has 0 bridgehead atoms. The Kier molecular flexibility index (Phi) is 8.39. The van der Waals surface area contributed by atoms with Gasteiger partial charge in [-0.1, -0.05) is 30.3 Å². The molecule has 1 N–H and O–H groups in total. The van der Waals surface area contributed by atoms with Gasteiger partial charge in [-0.25, -0.2) is 0 Å². The molecule has 0 saturated carbocycles. The fourth-order valence-corrected chi connectivity index (χ4v) is 3.61. The van der Waals surface area contributed by atoms with Crippen LogP contribution >= 0.6 is 0 Å². The zero-order chi connectivity index (χ0) is 18.7. The normalized spacial score (nSPS) is 23.6. The van der Waals surface area contributed by atoms with E-state index in [0.29, 0.717) is 6.61 Å². The Bertz CT molecular complexity index is 561. The molecule has 2 unspecified atom stereocenters. The van der Waals surface area contributed by atoms with Crippen LogP contribution in [-0.4, -0.2) is 69.6 Å². The molecule has 2 aliphatic rings. The average molecular weight is 376 g/mol. The molecule has 2 atom stereocenters. The van der Waals surface area contributed by atoms with Crippen LogP contribution < -0.4 is 5.32 Å². The third-order valence-electron chi connectivity index (χ3n) is 5.09. The van der Waals surface area contributed by atoms with Crippen molar-refractivity contribution < 1.29 is 14.2 Å². The first-order valence-corrected chi connectivity index (χ1v) is 10.2. The lowest BCUT2D eigenvalue weighted by atomic mass is 10.1. The number of aliphatic imine (C=N–C) groups is 1. The van der Waals surface area contributed by atoms with Gasteiger partial charge >= 0.3 is 0 Å². The zero-order valence-electron chi connectivity index (χ0n) is 16.4. The van der Waals surface area contributed by atoms with Crippen molar-refractivity contribution in [2.75, 3.05) is 46.5 Å². The van der Waals surface area contributed by atoms with Crippen molar-refractivity contribution in [3.8, 4) is 0 Å². The molecule has 150 valence electrons. The van der Waals surface area contributed by atoms with E-state index in [4.69, 9.17) is 14.2 Å². The molecule has 0 aliphatic carbocycles. The van der Waals surface area contributed by atoms with Crippen LogP contribution in [0.2, 0.25) is 0 Å². The largest absolute Gasteiger partial charge is 0.377 e. The number of morpholine rings is 1. The van der Waals surface area contributed by atoms with E-state index in [2.05, 4.69) is 27.3 Å². The van der Waals surface area contributed by atoms with Crippen LogP contribution in [0, 0.1) is 0 Å². The third-order valence-corrected chi connectivity index (χ3v) is 5.09. The van der Waals surface area contributed by atoms with Crippen LogP contribution in [-0.2, 0) is 20.8 Å². The number of ether oxygens (including phenoxy) is 3. The Hall–Kier alpha value is -1.63. The summed E-state index contributed by atoms with van der Waals surface area (Å²) in [4.78, 5) is 6.74. The fourth-order valence-electron chi connectivity index (χ4n) is 3.61. The summed E-state index contributed by atoms with van der Waals surface area (Å²) in [6, 6.07) is 10.3. The van der Waals surface area contributed by atoms with Crippen LogP contribution in [0.25, 0.3) is 0 Å². The highest BCUT2D eigenvalue weighted by Gasteiger charge is 2.32. The molecular formula is C21H33N3O3. The number of nitrogens with zero attached hydrogens (tertiary/aromatic N) is 2. The third kappa shape index (κ3) is 6.48. The molecule has 0 radical (unpaired) electrons. The molecule has 6 nitrogen and oxygen atoms in total. The summed E-state index contributed by atoms with van der Waals surface area (Å²) >= 11 is 0. The molecule has 6 heteroatoms. The number of unbranched alkanes of at least 4 members (excludes halogenated alkanes) is 1. The average Bonchev–Trinajstić information content (AvgIpc) is 3.26. The van der Waals surface area contributed by atoms with E-state index in [1.165, 1.54) is 5.56 Å². The number of nitrogens with one attached hydrogen (secondary N) is 1. The van der Waals surface area contributed by atoms with Crippen molar-refractivity contribution in [3.63, 3.8) is 0 Å². The summed E-state index contributed by atoms with van der Waals surface area (Å²) in [5.74, 6) is 0.964.